The Bertz CT molecular complexity index is 703. The Labute approximate surface area is 140 Å². The van der Waals surface area contributed by atoms with Crippen LogP contribution in [0.25, 0.3) is 10.9 Å². The van der Waals surface area contributed by atoms with Gasteiger partial charge in [-0.3, -0.25) is 4.90 Å². The lowest BCUT2D eigenvalue weighted by atomic mass is 9.76. The highest BCUT2D eigenvalue weighted by atomic mass is 79.9. The monoisotopic (exact) mass is 358 g/mol. The molecule has 0 radical (unpaired) electrons. The zero-order valence-corrected chi connectivity index (χ0v) is 14.6. The van der Waals surface area contributed by atoms with Gasteiger partial charge in [0.25, 0.3) is 0 Å². The molecular formula is C19H23BrN2. The molecule has 0 amide bonds. The van der Waals surface area contributed by atoms with E-state index in [1.54, 1.807) is 0 Å². The molecule has 1 saturated heterocycles. The minimum atomic E-state index is 0.673. The summed E-state index contributed by atoms with van der Waals surface area (Å²) < 4.78 is 1.16. The Hall–Kier alpha value is -1.06. The van der Waals surface area contributed by atoms with Crippen molar-refractivity contribution in [2.75, 3.05) is 13.1 Å². The molecule has 1 fully saturated rings. The topological polar surface area (TPSA) is 19.0 Å². The van der Waals surface area contributed by atoms with Crippen LogP contribution in [0.2, 0.25) is 0 Å². The molecular weight excluding hydrogens is 336 g/mol. The first-order valence-corrected chi connectivity index (χ1v) is 9.22. The maximum atomic E-state index is 3.59. The van der Waals surface area contributed by atoms with E-state index in [0.29, 0.717) is 6.04 Å². The summed E-state index contributed by atoms with van der Waals surface area (Å²) in [4.78, 5) is 6.11. The van der Waals surface area contributed by atoms with Gasteiger partial charge in [-0.2, -0.15) is 0 Å². The fourth-order valence-electron chi connectivity index (χ4n) is 4.28. The van der Waals surface area contributed by atoms with Crippen molar-refractivity contribution in [3.05, 3.63) is 46.6 Å². The number of fused-ring (bicyclic) bond motifs is 3. The van der Waals surface area contributed by atoms with E-state index in [1.165, 1.54) is 42.4 Å². The molecule has 2 aromatic rings. The van der Waals surface area contributed by atoms with Crippen LogP contribution in [0.15, 0.2) is 41.0 Å². The van der Waals surface area contributed by atoms with Gasteiger partial charge in [-0.15, -0.1) is 0 Å². The summed E-state index contributed by atoms with van der Waals surface area (Å²) in [6, 6.07) is 7.16. The first-order valence-electron chi connectivity index (χ1n) is 8.42. The van der Waals surface area contributed by atoms with E-state index in [0.717, 1.165) is 22.7 Å². The van der Waals surface area contributed by atoms with Crippen molar-refractivity contribution in [3.8, 4) is 0 Å². The summed E-state index contributed by atoms with van der Waals surface area (Å²) in [6.45, 7) is 4.76. The van der Waals surface area contributed by atoms with Crippen LogP contribution >= 0.6 is 15.9 Å². The SMILES string of the molecule is CCC1CC2C=CC1N(CCc1c[nH]c3ccc(Br)cc13)C2. The molecule has 1 N–H and O–H groups in total. The number of H-pyrrole nitrogens is 1. The molecule has 5 rings (SSSR count). The Kier molecular flexibility index (Phi) is 3.87. The zero-order valence-electron chi connectivity index (χ0n) is 13.1. The van der Waals surface area contributed by atoms with Gasteiger partial charge in [-0.05, 0) is 48.4 Å². The van der Waals surface area contributed by atoms with Crippen molar-refractivity contribution in [1.82, 2.24) is 9.88 Å². The molecule has 116 valence electrons. The van der Waals surface area contributed by atoms with Crippen molar-refractivity contribution < 1.29 is 0 Å². The molecule has 3 heteroatoms. The number of nitrogens with one attached hydrogen (secondary N) is 1. The van der Waals surface area contributed by atoms with Gasteiger partial charge in [0.2, 0.25) is 0 Å². The van der Waals surface area contributed by atoms with Gasteiger partial charge in [-0.25, -0.2) is 0 Å². The fourth-order valence-corrected chi connectivity index (χ4v) is 4.64. The Morgan fingerprint density at radius 1 is 1.32 bits per heavy atom. The standard InChI is InChI=1S/C19H23BrN2/c1-2-14-9-13-3-6-19(14)22(12-13)8-7-15-11-21-18-5-4-16(20)10-17(15)18/h3-6,10-11,13-14,19,21H,2,7-9,12H2,1H3. The van der Waals surface area contributed by atoms with Crippen molar-refractivity contribution >= 4 is 26.8 Å². The predicted molar refractivity (Wildman–Crippen MR) is 96.1 cm³/mol. The number of aromatic amines is 1. The van der Waals surface area contributed by atoms with Crippen LogP contribution in [-0.4, -0.2) is 29.0 Å². The fraction of sp³-hybridized carbons (Fsp3) is 0.474. The first kappa shape index (κ1) is 14.5. The van der Waals surface area contributed by atoms with Crippen LogP contribution in [0.5, 0.6) is 0 Å². The average Bonchev–Trinajstić information content (AvgIpc) is 2.95. The number of benzene rings is 1. The molecule has 0 spiro atoms. The lowest BCUT2D eigenvalue weighted by Gasteiger charge is -2.46. The lowest BCUT2D eigenvalue weighted by Crippen LogP contribution is -2.50. The second-order valence-electron chi connectivity index (χ2n) is 6.79. The minimum absolute atomic E-state index is 0.673. The van der Waals surface area contributed by atoms with Gasteiger partial charge in [0.15, 0.2) is 0 Å². The third kappa shape index (κ3) is 2.55. The molecule has 1 aromatic carbocycles. The smallest absolute Gasteiger partial charge is 0.0457 e. The molecule has 2 nitrogen and oxygen atoms in total. The molecule has 3 heterocycles. The van der Waals surface area contributed by atoms with Crippen LogP contribution in [0.4, 0.5) is 0 Å². The maximum Gasteiger partial charge on any atom is 0.0457 e. The van der Waals surface area contributed by atoms with Crippen molar-refractivity contribution in [2.24, 2.45) is 11.8 Å². The van der Waals surface area contributed by atoms with E-state index in [2.05, 4.69) is 69.3 Å². The molecule has 2 bridgehead atoms. The van der Waals surface area contributed by atoms with Crippen LogP contribution in [0, 0.1) is 11.8 Å². The minimum Gasteiger partial charge on any atom is -0.361 e. The summed E-state index contributed by atoms with van der Waals surface area (Å²) in [5.41, 5.74) is 2.68. The summed E-state index contributed by atoms with van der Waals surface area (Å²) >= 11 is 3.59. The Morgan fingerprint density at radius 3 is 3.05 bits per heavy atom. The maximum absolute atomic E-state index is 3.59. The Morgan fingerprint density at radius 2 is 2.23 bits per heavy atom. The number of piperidine rings is 1. The zero-order chi connectivity index (χ0) is 15.1. The van der Waals surface area contributed by atoms with Crippen LogP contribution < -0.4 is 0 Å². The van der Waals surface area contributed by atoms with Crippen molar-refractivity contribution in [1.29, 1.82) is 0 Å². The number of aromatic nitrogens is 1. The van der Waals surface area contributed by atoms with Crippen molar-refractivity contribution in [2.45, 2.75) is 32.2 Å². The highest BCUT2D eigenvalue weighted by molar-refractivity contribution is 9.10. The molecule has 3 atom stereocenters. The highest BCUT2D eigenvalue weighted by Gasteiger charge is 2.35. The molecule has 22 heavy (non-hydrogen) atoms. The molecule has 1 aliphatic carbocycles. The number of nitrogens with zero attached hydrogens (tertiary/aromatic N) is 1. The summed E-state index contributed by atoms with van der Waals surface area (Å²) in [5.74, 6) is 1.65. The van der Waals surface area contributed by atoms with E-state index in [4.69, 9.17) is 0 Å². The van der Waals surface area contributed by atoms with E-state index >= 15 is 0 Å². The molecule has 0 saturated carbocycles. The first-order chi connectivity index (χ1) is 10.7. The highest BCUT2D eigenvalue weighted by Crippen LogP contribution is 2.36. The third-order valence-electron chi connectivity index (χ3n) is 5.48. The summed E-state index contributed by atoms with van der Waals surface area (Å²) in [7, 11) is 0. The van der Waals surface area contributed by atoms with Crippen LogP contribution in [-0.2, 0) is 6.42 Å². The lowest BCUT2D eigenvalue weighted by molar-refractivity contribution is 0.0826. The van der Waals surface area contributed by atoms with Crippen LogP contribution in [0.1, 0.15) is 25.3 Å². The predicted octanol–water partition coefficient (Wildman–Crippen LogP) is 4.76. The average molecular weight is 359 g/mol. The Balaban J connectivity index is 1.50. The molecule has 2 aliphatic heterocycles. The van der Waals surface area contributed by atoms with Crippen LogP contribution in [0.3, 0.4) is 0 Å². The molecule has 1 aromatic heterocycles. The molecule has 3 unspecified atom stereocenters. The number of hydrogen-bond acceptors (Lipinski definition) is 1. The number of rotatable bonds is 4. The summed E-state index contributed by atoms with van der Waals surface area (Å²) in [5, 5.41) is 1.36. The van der Waals surface area contributed by atoms with Crippen molar-refractivity contribution in [3.63, 3.8) is 0 Å². The second kappa shape index (κ2) is 5.86. The number of halogens is 1. The molecule has 3 aliphatic rings. The number of hydrogen-bond donors (Lipinski definition) is 1. The van der Waals surface area contributed by atoms with Gasteiger partial charge in [0, 0.05) is 40.7 Å². The quantitative estimate of drug-likeness (QED) is 0.780. The second-order valence-corrected chi connectivity index (χ2v) is 7.70. The van der Waals surface area contributed by atoms with Gasteiger partial charge in [0.1, 0.15) is 0 Å². The van der Waals surface area contributed by atoms with E-state index in [-0.39, 0.29) is 0 Å². The largest absolute Gasteiger partial charge is 0.361 e. The summed E-state index contributed by atoms with van der Waals surface area (Å²) in [6.07, 6.45) is 10.9. The van der Waals surface area contributed by atoms with E-state index in [1.807, 2.05) is 0 Å². The third-order valence-corrected chi connectivity index (χ3v) is 5.98. The van der Waals surface area contributed by atoms with Gasteiger partial charge < -0.3 is 4.98 Å². The van der Waals surface area contributed by atoms with Gasteiger partial charge in [-0.1, -0.05) is 41.4 Å². The van der Waals surface area contributed by atoms with E-state index in [9.17, 15) is 0 Å². The normalized spacial score (nSPS) is 27.8. The van der Waals surface area contributed by atoms with Gasteiger partial charge in [0.05, 0.1) is 0 Å². The van der Waals surface area contributed by atoms with E-state index < -0.39 is 0 Å². The van der Waals surface area contributed by atoms with Gasteiger partial charge >= 0.3 is 0 Å².